The summed E-state index contributed by atoms with van der Waals surface area (Å²) in [5, 5.41) is 10.4. The number of rotatable bonds is 4. The molecule has 1 aliphatic carbocycles. The third-order valence-electron chi connectivity index (χ3n) is 5.43. The molecule has 0 radical (unpaired) electrons. The summed E-state index contributed by atoms with van der Waals surface area (Å²) in [6, 6.07) is 0.552. The third-order valence-corrected chi connectivity index (χ3v) is 5.43. The summed E-state index contributed by atoms with van der Waals surface area (Å²) < 4.78 is 2.24. The first kappa shape index (κ1) is 15.0. The van der Waals surface area contributed by atoms with Crippen LogP contribution in [0.25, 0.3) is 0 Å². The lowest BCUT2D eigenvalue weighted by Gasteiger charge is -2.43. The predicted octanol–water partition coefficient (Wildman–Crippen LogP) is 2.81. The lowest BCUT2D eigenvalue weighted by Crippen LogP contribution is -2.48. The van der Waals surface area contributed by atoms with Gasteiger partial charge < -0.3 is 9.67 Å². The summed E-state index contributed by atoms with van der Waals surface area (Å²) in [7, 11) is 0. The number of hydrogen-bond acceptors (Lipinski definition) is 3. The molecule has 21 heavy (non-hydrogen) atoms. The molecule has 1 aliphatic heterocycles. The van der Waals surface area contributed by atoms with E-state index in [1.165, 1.54) is 44.3 Å². The zero-order valence-electron chi connectivity index (χ0n) is 13.2. The Kier molecular flexibility index (Phi) is 4.96. The number of likely N-dealkylation sites (tertiary alicyclic amines) is 1. The van der Waals surface area contributed by atoms with E-state index in [2.05, 4.69) is 27.6 Å². The molecule has 2 fully saturated rings. The summed E-state index contributed by atoms with van der Waals surface area (Å²) in [5.74, 6) is 1.65. The average molecular weight is 291 g/mol. The SMILES string of the molecule is CCn1ccnc1CN1CCCCC1C1CCCCC1O. The molecule has 1 aromatic rings. The maximum absolute atomic E-state index is 10.4. The topological polar surface area (TPSA) is 41.3 Å². The highest BCUT2D eigenvalue weighted by molar-refractivity contribution is 4.96. The highest BCUT2D eigenvalue weighted by Crippen LogP contribution is 2.34. The fourth-order valence-corrected chi connectivity index (χ4v) is 4.25. The molecule has 2 aliphatic rings. The van der Waals surface area contributed by atoms with Gasteiger partial charge in [0, 0.05) is 30.9 Å². The fourth-order valence-electron chi connectivity index (χ4n) is 4.25. The van der Waals surface area contributed by atoms with Gasteiger partial charge in [-0.05, 0) is 39.2 Å². The second kappa shape index (κ2) is 6.93. The van der Waals surface area contributed by atoms with E-state index in [4.69, 9.17) is 0 Å². The van der Waals surface area contributed by atoms with E-state index in [0.717, 1.165) is 26.1 Å². The second-order valence-corrected chi connectivity index (χ2v) is 6.68. The van der Waals surface area contributed by atoms with E-state index in [9.17, 15) is 5.11 Å². The van der Waals surface area contributed by atoms with Gasteiger partial charge in [0.2, 0.25) is 0 Å². The normalized spacial score (nSPS) is 31.4. The van der Waals surface area contributed by atoms with Crippen molar-refractivity contribution < 1.29 is 5.11 Å². The van der Waals surface area contributed by atoms with Crippen LogP contribution in [0.1, 0.15) is 57.7 Å². The molecule has 118 valence electrons. The van der Waals surface area contributed by atoms with E-state index in [0.29, 0.717) is 12.0 Å². The van der Waals surface area contributed by atoms with Crippen molar-refractivity contribution in [2.24, 2.45) is 5.92 Å². The number of aromatic nitrogens is 2. The van der Waals surface area contributed by atoms with Gasteiger partial charge in [0.25, 0.3) is 0 Å². The van der Waals surface area contributed by atoms with Gasteiger partial charge in [0.05, 0.1) is 12.6 Å². The van der Waals surface area contributed by atoms with Crippen LogP contribution in [-0.4, -0.2) is 38.2 Å². The number of nitrogens with zero attached hydrogens (tertiary/aromatic N) is 3. The van der Waals surface area contributed by atoms with Gasteiger partial charge in [-0.1, -0.05) is 19.3 Å². The summed E-state index contributed by atoms with van der Waals surface area (Å²) in [5.41, 5.74) is 0. The number of aliphatic hydroxyl groups is 1. The van der Waals surface area contributed by atoms with Crippen LogP contribution in [0.15, 0.2) is 12.4 Å². The molecule has 0 amide bonds. The van der Waals surface area contributed by atoms with Gasteiger partial charge in [-0.15, -0.1) is 0 Å². The largest absolute Gasteiger partial charge is 0.393 e. The van der Waals surface area contributed by atoms with Gasteiger partial charge >= 0.3 is 0 Å². The summed E-state index contributed by atoms with van der Waals surface area (Å²) in [4.78, 5) is 7.13. The lowest BCUT2D eigenvalue weighted by atomic mass is 9.78. The Morgan fingerprint density at radius 1 is 1.19 bits per heavy atom. The van der Waals surface area contributed by atoms with Gasteiger partial charge in [-0.2, -0.15) is 0 Å². The Bertz CT molecular complexity index is 445. The monoisotopic (exact) mass is 291 g/mol. The minimum atomic E-state index is -0.0877. The summed E-state index contributed by atoms with van der Waals surface area (Å²) >= 11 is 0. The minimum Gasteiger partial charge on any atom is -0.393 e. The second-order valence-electron chi connectivity index (χ2n) is 6.68. The van der Waals surface area contributed by atoms with Crippen molar-refractivity contribution >= 4 is 0 Å². The van der Waals surface area contributed by atoms with Gasteiger partial charge in [-0.25, -0.2) is 4.98 Å². The van der Waals surface area contributed by atoms with E-state index in [1.807, 2.05) is 6.20 Å². The van der Waals surface area contributed by atoms with Crippen LogP contribution in [0.5, 0.6) is 0 Å². The van der Waals surface area contributed by atoms with Gasteiger partial charge in [-0.3, -0.25) is 4.90 Å². The number of aliphatic hydroxyl groups excluding tert-OH is 1. The molecule has 3 unspecified atom stereocenters. The van der Waals surface area contributed by atoms with E-state index >= 15 is 0 Å². The molecule has 3 rings (SSSR count). The summed E-state index contributed by atoms with van der Waals surface area (Å²) in [6.07, 6.45) is 12.4. The first-order valence-corrected chi connectivity index (χ1v) is 8.71. The molecule has 3 atom stereocenters. The molecule has 0 bridgehead atoms. The minimum absolute atomic E-state index is 0.0877. The van der Waals surface area contributed by atoms with Gasteiger partial charge in [0.1, 0.15) is 5.82 Å². The molecule has 1 N–H and O–H groups in total. The number of aryl methyl sites for hydroxylation is 1. The molecular formula is C17H29N3O. The first-order valence-electron chi connectivity index (χ1n) is 8.71. The Balaban J connectivity index is 1.72. The standard InChI is InChI=1S/C17H29N3O/c1-2-19-12-10-18-17(19)13-20-11-6-5-8-15(20)14-7-3-4-9-16(14)21/h10,12,14-16,21H,2-9,11,13H2,1H3. The van der Waals surface area contributed by atoms with Crippen molar-refractivity contribution in [2.75, 3.05) is 6.54 Å². The number of hydrogen-bond donors (Lipinski definition) is 1. The van der Waals surface area contributed by atoms with E-state index in [-0.39, 0.29) is 6.10 Å². The Labute approximate surface area is 128 Å². The van der Waals surface area contributed by atoms with Crippen molar-refractivity contribution in [1.29, 1.82) is 0 Å². The van der Waals surface area contributed by atoms with Crippen LogP contribution in [-0.2, 0) is 13.1 Å². The highest BCUT2D eigenvalue weighted by atomic mass is 16.3. The predicted molar refractivity (Wildman–Crippen MR) is 83.9 cm³/mol. The van der Waals surface area contributed by atoms with Crippen LogP contribution in [0.4, 0.5) is 0 Å². The van der Waals surface area contributed by atoms with Crippen molar-refractivity contribution in [3.05, 3.63) is 18.2 Å². The van der Waals surface area contributed by atoms with Gasteiger partial charge in [0.15, 0.2) is 0 Å². The smallest absolute Gasteiger partial charge is 0.122 e. The average Bonchev–Trinajstić information content (AvgIpc) is 2.96. The summed E-state index contributed by atoms with van der Waals surface area (Å²) in [6.45, 7) is 5.25. The molecule has 1 saturated carbocycles. The third kappa shape index (κ3) is 3.32. The maximum Gasteiger partial charge on any atom is 0.122 e. The fraction of sp³-hybridized carbons (Fsp3) is 0.824. The zero-order valence-corrected chi connectivity index (χ0v) is 13.2. The van der Waals surface area contributed by atoms with E-state index < -0.39 is 0 Å². The quantitative estimate of drug-likeness (QED) is 0.927. The molecule has 1 aromatic heterocycles. The Morgan fingerprint density at radius 2 is 2.00 bits per heavy atom. The number of imidazole rings is 1. The molecule has 0 aromatic carbocycles. The maximum atomic E-state index is 10.4. The van der Waals surface area contributed by atoms with Crippen LogP contribution in [0, 0.1) is 5.92 Å². The molecule has 4 heteroatoms. The van der Waals surface area contributed by atoms with Crippen molar-refractivity contribution in [2.45, 2.75) is 77.1 Å². The van der Waals surface area contributed by atoms with Crippen molar-refractivity contribution in [3.63, 3.8) is 0 Å². The first-order chi connectivity index (χ1) is 10.3. The van der Waals surface area contributed by atoms with Crippen molar-refractivity contribution in [1.82, 2.24) is 14.5 Å². The number of piperidine rings is 1. The molecular weight excluding hydrogens is 262 g/mol. The highest BCUT2D eigenvalue weighted by Gasteiger charge is 2.35. The molecule has 1 saturated heterocycles. The van der Waals surface area contributed by atoms with Crippen LogP contribution in [0.3, 0.4) is 0 Å². The zero-order chi connectivity index (χ0) is 14.7. The molecule has 4 nitrogen and oxygen atoms in total. The van der Waals surface area contributed by atoms with Crippen LogP contribution in [0.2, 0.25) is 0 Å². The van der Waals surface area contributed by atoms with E-state index in [1.54, 1.807) is 0 Å². The molecule has 0 spiro atoms. The molecule has 2 heterocycles. The lowest BCUT2D eigenvalue weighted by molar-refractivity contribution is -0.00976. The van der Waals surface area contributed by atoms with Crippen molar-refractivity contribution in [3.8, 4) is 0 Å². The Hall–Kier alpha value is -0.870. The van der Waals surface area contributed by atoms with Crippen LogP contribution < -0.4 is 0 Å². The Morgan fingerprint density at radius 3 is 2.81 bits per heavy atom. The van der Waals surface area contributed by atoms with Crippen LogP contribution >= 0.6 is 0 Å².